The molecule has 1 aromatic heterocycles. The van der Waals surface area contributed by atoms with E-state index in [9.17, 15) is 4.79 Å². The van der Waals surface area contributed by atoms with Gasteiger partial charge in [0.15, 0.2) is 5.78 Å². The Morgan fingerprint density at radius 3 is 2.54 bits per heavy atom. The van der Waals surface area contributed by atoms with Crippen LogP contribution in [-0.4, -0.2) is 26.0 Å². The zero-order valence-electron chi connectivity index (χ0n) is 13.9. The number of Topliss-reactive ketones (excluding diaryl/α,β-unsaturated/α-hetero) is 1. The first-order valence-electron chi connectivity index (χ1n) is 8.13. The van der Waals surface area contributed by atoms with Crippen molar-refractivity contribution in [1.29, 1.82) is 0 Å². The Hall–Kier alpha value is -2.82. The van der Waals surface area contributed by atoms with Gasteiger partial charge in [-0.1, -0.05) is 61.9 Å². The molecule has 0 atom stereocenters. The normalized spacial score (nSPS) is 10.8. The third-order valence-corrected chi connectivity index (χ3v) is 3.94. The summed E-state index contributed by atoms with van der Waals surface area (Å²) in [6.45, 7) is 4.23. The molecular weight excluding hydrogens is 300 g/mol. The zero-order chi connectivity index (χ0) is 16.9. The molecule has 5 heteroatoms. The van der Waals surface area contributed by atoms with Crippen LogP contribution in [0.15, 0.2) is 48.5 Å². The van der Waals surface area contributed by atoms with Gasteiger partial charge in [-0.25, -0.2) is 0 Å². The summed E-state index contributed by atoms with van der Waals surface area (Å²) < 4.78 is 0. The number of ketones is 1. The second kappa shape index (κ2) is 7.17. The highest BCUT2D eigenvalue weighted by Crippen LogP contribution is 2.18. The van der Waals surface area contributed by atoms with Crippen LogP contribution in [0, 0.1) is 6.92 Å². The SMILES string of the molecule is CCCc1ccc(C(=O)Cn2nnc(-c3ccccc3C)n2)cc1. The molecular formula is C19H20N4O. The molecule has 3 aromatic rings. The van der Waals surface area contributed by atoms with Crippen molar-refractivity contribution in [1.82, 2.24) is 20.2 Å². The predicted molar refractivity (Wildman–Crippen MR) is 92.8 cm³/mol. The van der Waals surface area contributed by atoms with Crippen molar-refractivity contribution in [2.24, 2.45) is 0 Å². The lowest BCUT2D eigenvalue weighted by Gasteiger charge is -2.02. The van der Waals surface area contributed by atoms with E-state index >= 15 is 0 Å². The fraction of sp³-hybridized carbons (Fsp3) is 0.263. The monoisotopic (exact) mass is 320 g/mol. The maximum absolute atomic E-state index is 12.4. The van der Waals surface area contributed by atoms with Gasteiger partial charge in [-0.3, -0.25) is 4.79 Å². The molecule has 0 fully saturated rings. The molecule has 0 spiro atoms. The lowest BCUT2D eigenvalue weighted by atomic mass is 10.1. The Kier molecular flexibility index (Phi) is 4.79. The first-order chi connectivity index (χ1) is 11.7. The zero-order valence-corrected chi connectivity index (χ0v) is 13.9. The van der Waals surface area contributed by atoms with E-state index in [0.29, 0.717) is 11.4 Å². The van der Waals surface area contributed by atoms with Gasteiger partial charge < -0.3 is 0 Å². The number of carbonyl (C=O) groups is 1. The standard InChI is InChI=1S/C19H20N4O/c1-3-6-15-9-11-16(12-10-15)18(24)13-23-21-19(20-22-23)17-8-5-4-7-14(17)2/h4-5,7-12H,3,6,13H2,1-2H3. The van der Waals surface area contributed by atoms with Gasteiger partial charge in [0.05, 0.1) is 0 Å². The summed E-state index contributed by atoms with van der Waals surface area (Å²) >= 11 is 0. The summed E-state index contributed by atoms with van der Waals surface area (Å²) in [5, 5.41) is 12.4. The van der Waals surface area contributed by atoms with Crippen LogP contribution in [-0.2, 0) is 13.0 Å². The van der Waals surface area contributed by atoms with Crippen molar-refractivity contribution in [3.63, 3.8) is 0 Å². The molecule has 0 aliphatic carbocycles. The summed E-state index contributed by atoms with van der Waals surface area (Å²) in [5.41, 5.74) is 3.93. The fourth-order valence-corrected chi connectivity index (χ4v) is 2.61. The predicted octanol–water partition coefficient (Wildman–Crippen LogP) is 3.48. The van der Waals surface area contributed by atoms with Crippen LogP contribution in [0.2, 0.25) is 0 Å². The number of hydrogen-bond acceptors (Lipinski definition) is 4. The van der Waals surface area contributed by atoms with E-state index in [2.05, 4.69) is 22.3 Å². The van der Waals surface area contributed by atoms with Crippen molar-refractivity contribution in [2.75, 3.05) is 0 Å². The second-order valence-electron chi connectivity index (χ2n) is 5.83. The molecule has 0 radical (unpaired) electrons. The fourth-order valence-electron chi connectivity index (χ4n) is 2.61. The van der Waals surface area contributed by atoms with Crippen LogP contribution in [0.25, 0.3) is 11.4 Å². The van der Waals surface area contributed by atoms with Crippen molar-refractivity contribution in [3.05, 3.63) is 65.2 Å². The molecule has 24 heavy (non-hydrogen) atoms. The lowest BCUT2D eigenvalue weighted by molar-refractivity contribution is 0.0961. The van der Waals surface area contributed by atoms with E-state index in [1.165, 1.54) is 10.4 Å². The van der Waals surface area contributed by atoms with Crippen LogP contribution in [0.3, 0.4) is 0 Å². The summed E-state index contributed by atoms with van der Waals surface area (Å²) in [4.78, 5) is 13.7. The van der Waals surface area contributed by atoms with Gasteiger partial charge in [0.1, 0.15) is 6.54 Å². The first kappa shape index (κ1) is 16.1. The smallest absolute Gasteiger partial charge is 0.205 e. The van der Waals surface area contributed by atoms with Crippen LogP contribution in [0.1, 0.15) is 34.8 Å². The molecule has 2 aromatic carbocycles. The maximum Gasteiger partial charge on any atom is 0.205 e. The van der Waals surface area contributed by atoms with Gasteiger partial charge in [-0.2, -0.15) is 4.80 Å². The molecule has 0 saturated heterocycles. The third-order valence-electron chi connectivity index (χ3n) is 3.94. The molecule has 3 rings (SSSR count). The molecule has 5 nitrogen and oxygen atoms in total. The molecule has 0 bridgehead atoms. The highest BCUT2D eigenvalue weighted by atomic mass is 16.1. The number of aryl methyl sites for hydroxylation is 2. The van der Waals surface area contributed by atoms with E-state index in [1.54, 1.807) is 0 Å². The number of tetrazole rings is 1. The number of hydrogen-bond donors (Lipinski definition) is 0. The lowest BCUT2D eigenvalue weighted by Crippen LogP contribution is -2.13. The van der Waals surface area contributed by atoms with Crippen molar-refractivity contribution >= 4 is 5.78 Å². The number of nitrogens with zero attached hydrogens (tertiary/aromatic N) is 4. The van der Waals surface area contributed by atoms with Crippen LogP contribution < -0.4 is 0 Å². The number of carbonyl (C=O) groups excluding carboxylic acids is 1. The van der Waals surface area contributed by atoms with Gasteiger partial charge in [0.25, 0.3) is 0 Å². The van der Waals surface area contributed by atoms with E-state index in [0.717, 1.165) is 24.0 Å². The Labute approximate surface area is 141 Å². The molecule has 0 N–H and O–H groups in total. The van der Waals surface area contributed by atoms with Gasteiger partial charge >= 0.3 is 0 Å². The van der Waals surface area contributed by atoms with Gasteiger partial charge in [-0.15, -0.1) is 10.2 Å². The van der Waals surface area contributed by atoms with Crippen LogP contribution >= 0.6 is 0 Å². The quantitative estimate of drug-likeness (QED) is 0.652. The topological polar surface area (TPSA) is 60.7 Å². The Balaban J connectivity index is 1.72. The number of aromatic nitrogens is 4. The largest absolute Gasteiger partial charge is 0.292 e. The molecule has 0 aliphatic rings. The van der Waals surface area contributed by atoms with E-state index in [1.807, 2.05) is 55.5 Å². The molecule has 122 valence electrons. The summed E-state index contributed by atoms with van der Waals surface area (Å²) in [6.07, 6.45) is 2.12. The Morgan fingerprint density at radius 2 is 1.83 bits per heavy atom. The van der Waals surface area contributed by atoms with Crippen molar-refractivity contribution < 1.29 is 4.79 Å². The third kappa shape index (κ3) is 3.56. The Morgan fingerprint density at radius 1 is 1.08 bits per heavy atom. The first-order valence-corrected chi connectivity index (χ1v) is 8.13. The molecule has 0 amide bonds. The summed E-state index contributed by atoms with van der Waals surface area (Å²) in [7, 11) is 0. The average molecular weight is 320 g/mol. The second-order valence-corrected chi connectivity index (χ2v) is 5.83. The van der Waals surface area contributed by atoms with E-state index in [4.69, 9.17) is 0 Å². The van der Waals surface area contributed by atoms with Crippen LogP contribution in [0.4, 0.5) is 0 Å². The van der Waals surface area contributed by atoms with Crippen LogP contribution in [0.5, 0.6) is 0 Å². The van der Waals surface area contributed by atoms with Gasteiger partial charge in [-0.05, 0) is 29.7 Å². The van der Waals surface area contributed by atoms with Gasteiger partial charge in [0.2, 0.25) is 5.82 Å². The highest BCUT2D eigenvalue weighted by molar-refractivity contribution is 5.95. The van der Waals surface area contributed by atoms with Crippen molar-refractivity contribution in [2.45, 2.75) is 33.2 Å². The highest BCUT2D eigenvalue weighted by Gasteiger charge is 2.12. The Bertz CT molecular complexity index is 837. The number of benzene rings is 2. The number of rotatable bonds is 6. The minimum atomic E-state index is -0.0215. The van der Waals surface area contributed by atoms with Crippen molar-refractivity contribution in [3.8, 4) is 11.4 Å². The maximum atomic E-state index is 12.4. The summed E-state index contributed by atoms with van der Waals surface area (Å²) in [6, 6.07) is 15.6. The minimum Gasteiger partial charge on any atom is -0.292 e. The molecule has 0 saturated carbocycles. The molecule has 0 unspecified atom stereocenters. The molecule has 1 heterocycles. The summed E-state index contributed by atoms with van der Waals surface area (Å²) in [5.74, 6) is 0.519. The van der Waals surface area contributed by atoms with E-state index in [-0.39, 0.29) is 12.3 Å². The minimum absolute atomic E-state index is 0.0215. The van der Waals surface area contributed by atoms with E-state index < -0.39 is 0 Å². The van der Waals surface area contributed by atoms with Gasteiger partial charge in [0, 0.05) is 11.1 Å². The average Bonchev–Trinajstić information content (AvgIpc) is 3.04. The molecule has 0 aliphatic heterocycles.